The predicted octanol–water partition coefficient (Wildman–Crippen LogP) is 1.85. The van der Waals surface area contributed by atoms with E-state index < -0.39 is 6.10 Å². The number of aryl methyl sites for hydroxylation is 1. The summed E-state index contributed by atoms with van der Waals surface area (Å²) in [6.45, 7) is 0.263. The number of benzene rings is 1. The average molecular weight is 214 g/mol. The van der Waals surface area contributed by atoms with Crippen LogP contribution in [0.1, 0.15) is 23.7 Å². The molecular weight excluding hydrogens is 198 g/mol. The van der Waals surface area contributed by atoms with Crippen molar-refractivity contribution in [1.82, 2.24) is 0 Å². The van der Waals surface area contributed by atoms with Crippen LogP contribution in [-0.2, 0) is 6.42 Å². The predicted molar refractivity (Wildman–Crippen MR) is 59.5 cm³/mol. The molecule has 0 fully saturated rings. The number of aliphatic hydroxyl groups is 1. The first-order valence-corrected chi connectivity index (χ1v) is 5.34. The van der Waals surface area contributed by atoms with Gasteiger partial charge in [-0.15, -0.1) is 11.6 Å². The van der Waals surface area contributed by atoms with Crippen molar-refractivity contribution in [2.75, 3.05) is 12.4 Å². The van der Waals surface area contributed by atoms with E-state index in [1.54, 1.807) is 0 Å². The number of aliphatic hydroxyl groups excluding tert-OH is 1. The van der Waals surface area contributed by atoms with Crippen molar-refractivity contribution in [1.29, 1.82) is 0 Å². The summed E-state index contributed by atoms with van der Waals surface area (Å²) in [6.07, 6.45) is 1.36. The van der Waals surface area contributed by atoms with Gasteiger partial charge in [-0.2, -0.15) is 0 Å². The van der Waals surface area contributed by atoms with Crippen molar-refractivity contribution in [3.05, 3.63) is 35.4 Å². The van der Waals surface area contributed by atoms with Gasteiger partial charge in [-0.3, -0.25) is 0 Å². The Morgan fingerprint density at radius 2 is 2.21 bits per heavy atom. The van der Waals surface area contributed by atoms with E-state index in [4.69, 9.17) is 17.3 Å². The molecule has 0 amide bonds. The van der Waals surface area contributed by atoms with Crippen LogP contribution in [0.4, 0.5) is 0 Å². The molecule has 0 aliphatic carbocycles. The molecule has 14 heavy (non-hydrogen) atoms. The second kappa shape index (κ2) is 6.02. The Kier molecular flexibility index (Phi) is 4.94. The normalized spacial score (nSPS) is 12.8. The summed E-state index contributed by atoms with van der Waals surface area (Å²) in [5, 5.41) is 9.53. The number of hydrogen-bond acceptors (Lipinski definition) is 2. The highest BCUT2D eigenvalue weighted by Crippen LogP contribution is 2.14. The molecule has 0 aliphatic rings. The zero-order valence-corrected chi connectivity index (χ0v) is 8.87. The van der Waals surface area contributed by atoms with E-state index >= 15 is 0 Å². The van der Waals surface area contributed by atoms with Crippen molar-refractivity contribution in [2.45, 2.75) is 18.9 Å². The molecule has 0 spiro atoms. The summed E-state index contributed by atoms with van der Waals surface area (Å²) >= 11 is 5.61. The summed E-state index contributed by atoms with van der Waals surface area (Å²) < 4.78 is 0. The zero-order valence-electron chi connectivity index (χ0n) is 8.12. The molecule has 0 bridgehead atoms. The topological polar surface area (TPSA) is 46.2 Å². The van der Waals surface area contributed by atoms with E-state index in [1.807, 2.05) is 24.3 Å². The van der Waals surface area contributed by atoms with E-state index in [9.17, 15) is 5.11 Å². The first-order valence-electron chi connectivity index (χ1n) is 4.81. The zero-order chi connectivity index (χ0) is 10.4. The Hall–Kier alpha value is -0.570. The van der Waals surface area contributed by atoms with Crippen molar-refractivity contribution in [3.63, 3.8) is 0 Å². The SMILES string of the molecule is NCC(O)c1cccc(CCCCl)c1. The van der Waals surface area contributed by atoms with E-state index in [-0.39, 0.29) is 6.54 Å². The maximum Gasteiger partial charge on any atom is 0.0912 e. The first kappa shape index (κ1) is 11.5. The molecule has 0 saturated carbocycles. The molecule has 78 valence electrons. The fourth-order valence-corrected chi connectivity index (χ4v) is 1.50. The summed E-state index contributed by atoms with van der Waals surface area (Å²) in [7, 11) is 0. The molecule has 0 aliphatic heterocycles. The van der Waals surface area contributed by atoms with Gasteiger partial charge in [0.15, 0.2) is 0 Å². The maximum atomic E-state index is 9.53. The minimum absolute atomic E-state index is 0.263. The minimum atomic E-state index is -0.550. The van der Waals surface area contributed by atoms with Crippen molar-refractivity contribution in [2.24, 2.45) is 5.73 Å². The van der Waals surface area contributed by atoms with Crippen LogP contribution in [0.25, 0.3) is 0 Å². The van der Waals surface area contributed by atoms with Crippen LogP contribution in [0.2, 0.25) is 0 Å². The average Bonchev–Trinajstić information content (AvgIpc) is 2.25. The third-order valence-corrected chi connectivity index (χ3v) is 2.43. The molecule has 1 atom stereocenters. The van der Waals surface area contributed by atoms with Gasteiger partial charge in [0.05, 0.1) is 6.10 Å². The Morgan fingerprint density at radius 1 is 1.43 bits per heavy atom. The summed E-state index contributed by atoms with van der Waals surface area (Å²) in [4.78, 5) is 0. The lowest BCUT2D eigenvalue weighted by Gasteiger charge is -2.09. The Morgan fingerprint density at radius 3 is 2.86 bits per heavy atom. The Balaban J connectivity index is 2.68. The standard InChI is InChI=1S/C11H16ClNO/c12-6-2-4-9-3-1-5-10(7-9)11(14)8-13/h1,3,5,7,11,14H,2,4,6,8,13H2. The van der Waals surface area contributed by atoms with E-state index in [1.165, 1.54) is 5.56 Å². The van der Waals surface area contributed by atoms with Crippen LogP contribution >= 0.6 is 11.6 Å². The van der Waals surface area contributed by atoms with Gasteiger partial charge in [0.2, 0.25) is 0 Å². The second-order valence-electron chi connectivity index (χ2n) is 3.29. The highest BCUT2D eigenvalue weighted by molar-refractivity contribution is 6.17. The summed E-state index contributed by atoms with van der Waals surface area (Å²) in [5.74, 6) is 0.670. The van der Waals surface area contributed by atoms with Gasteiger partial charge in [0, 0.05) is 12.4 Å². The fraction of sp³-hybridized carbons (Fsp3) is 0.455. The minimum Gasteiger partial charge on any atom is -0.387 e. The summed E-state index contributed by atoms with van der Waals surface area (Å²) in [5.41, 5.74) is 7.48. The molecule has 0 aromatic heterocycles. The molecule has 1 unspecified atom stereocenters. The number of rotatable bonds is 5. The number of nitrogens with two attached hydrogens (primary N) is 1. The molecule has 3 N–H and O–H groups in total. The molecule has 0 radical (unpaired) electrons. The third-order valence-electron chi connectivity index (χ3n) is 2.16. The second-order valence-corrected chi connectivity index (χ2v) is 3.67. The van der Waals surface area contributed by atoms with Crippen LogP contribution in [0.5, 0.6) is 0 Å². The maximum absolute atomic E-state index is 9.53. The van der Waals surface area contributed by atoms with Crippen LogP contribution in [0.3, 0.4) is 0 Å². The van der Waals surface area contributed by atoms with Gasteiger partial charge in [-0.1, -0.05) is 24.3 Å². The van der Waals surface area contributed by atoms with Gasteiger partial charge in [0.25, 0.3) is 0 Å². The Bertz CT molecular complexity index is 278. The molecule has 1 aromatic carbocycles. The molecule has 1 rings (SSSR count). The third kappa shape index (κ3) is 3.29. The first-order chi connectivity index (χ1) is 6.77. The van der Waals surface area contributed by atoms with E-state index in [0.29, 0.717) is 5.88 Å². The van der Waals surface area contributed by atoms with Crippen LogP contribution in [0, 0.1) is 0 Å². The quantitative estimate of drug-likeness (QED) is 0.734. The molecule has 0 heterocycles. The molecule has 0 saturated heterocycles. The molecule has 1 aromatic rings. The lowest BCUT2D eigenvalue weighted by Crippen LogP contribution is -2.11. The van der Waals surface area contributed by atoms with Crippen LogP contribution in [0.15, 0.2) is 24.3 Å². The highest BCUT2D eigenvalue weighted by atomic mass is 35.5. The van der Waals surface area contributed by atoms with Crippen molar-refractivity contribution in [3.8, 4) is 0 Å². The largest absolute Gasteiger partial charge is 0.387 e. The lowest BCUT2D eigenvalue weighted by molar-refractivity contribution is 0.186. The van der Waals surface area contributed by atoms with Gasteiger partial charge in [-0.05, 0) is 24.0 Å². The van der Waals surface area contributed by atoms with Crippen LogP contribution < -0.4 is 5.73 Å². The van der Waals surface area contributed by atoms with Crippen LogP contribution in [-0.4, -0.2) is 17.5 Å². The van der Waals surface area contributed by atoms with Gasteiger partial charge >= 0.3 is 0 Å². The smallest absolute Gasteiger partial charge is 0.0912 e. The van der Waals surface area contributed by atoms with Gasteiger partial charge < -0.3 is 10.8 Å². The Labute approximate surface area is 89.7 Å². The van der Waals surface area contributed by atoms with Crippen molar-refractivity contribution < 1.29 is 5.11 Å². The van der Waals surface area contributed by atoms with Gasteiger partial charge in [0.1, 0.15) is 0 Å². The fourth-order valence-electron chi connectivity index (χ4n) is 1.36. The van der Waals surface area contributed by atoms with E-state index in [0.717, 1.165) is 18.4 Å². The summed E-state index contributed by atoms with van der Waals surface area (Å²) in [6, 6.07) is 7.86. The van der Waals surface area contributed by atoms with E-state index in [2.05, 4.69) is 0 Å². The monoisotopic (exact) mass is 213 g/mol. The molecule has 2 nitrogen and oxygen atoms in total. The number of halogens is 1. The lowest BCUT2D eigenvalue weighted by atomic mass is 10.0. The molecule has 3 heteroatoms. The number of alkyl halides is 1. The number of hydrogen-bond donors (Lipinski definition) is 2. The van der Waals surface area contributed by atoms with Gasteiger partial charge in [-0.25, -0.2) is 0 Å². The highest BCUT2D eigenvalue weighted by Gasteiger charge is 2.04. The van der Waals surface area contributed by atoms with Crippen molar-refractivity contribution >= 4 is 11.6 Å². The molecular formula is C11H16ClNO.